The van der Waals surface area contributed by atoms with E-state index in [1.54, 1.807) is 0 Å². The molecule has 14 heavy (non-hydrogen) atoms. The summed E-state index contributed by atoms with van der Waals surface area (Å²) in [5, 5.41) is -1.25. The quantitative estimate of drug-likeness (QED) is 0.679. The summed E-state index contributed by atoms with van der Waals surface area (Å²) in [4.78, 5) is 0. The van der Waals surface area contributed by atoms with Gasteiger partial charge >= 0.3 is 0 Å². The van der Waals surface area contributed by atoms with Crippen molar-refractivity contribution in [3.05, 3.63) is 0 Å². The third-order valence-corrected chi connectivity index (χ3v) is 5.60. The monoisotopic (exact) mass is 260 g/mol. The summed E-state index contributed by atoms with van der Waals surface area (Å²) in [6.45, 7) is 0. The van der Waals surface area contributed by atoms with Crippen LogP contribution in [0, 0.1) is 11.8 Å². The van der Waals surface area contributed by atoms with Gasteiger partial charge in [-0.2, -0.15) is 0 Å². The van der Waals surface area contributed by atoms with Gasteiger partial charge in [0.2, 0.25) is 0 Å². The Morgan fingerprint density at radius 1 is 1.36 bits per heavy atom. The van der Waals surface area contributed by atoms with E-state index in [1.807, 2.05) is 0 Å². The van der Waals surface area contributed by atoms with Gasteiger partial charge in [-0.1, -0.05) is 36.0 Å². The lowest BCUT2D eigenvalue weighted by Gasteiger charge is -2.55. The van der Waals surface area contributed by atoms with E-state index in [4.69, 9.17) is 28.7 Å². The molecule has 2 nitrogen and oxygen atoms in total. The highest BCUT2D eigenvalue weighted by Crippen LogP contribution is 2.60. The first-order valence-corrected chi connectivity index (χ1v) is 7.09. The molecule has 0 aromatic rings. The highest BCUT2D eigenvalue weighted by molar-refractivity contribution is 7.91. The molecule has 3 unspecified atom stereocenters. The molecule has 5 heteroatoms. The summed E-state index contributed by atoms with van der Waals surface area (Å²) in [5.41, 5.74) is 0. The van der Waals surface area contributed by atoms with Crippen LogP contribution < -0.4 is 0 Å². The predicted octanol–water partition coefficient (Wildman–Crippen LogP) is 2.39. The SMILES string of the molecule is [2H]C1([2H])CCC([2H])([2H])C2C1C(S(C)(=O)=O)C2(Cl)Cl. The zero-order valence-electron chi connectivity index (χ0n) is 11.6. The van der Waals surface area contributed by atoms with E-state index in [0.717, 1.165) is 6.26 Å². The van der Waals surface area contributed by atoms with Gasteiger partial charge in [-0.15, -0.1) is 0 Å². The highest BCUT2D eigenvalue weighted by Gasteiger charge is 2.64. The Morgan fingerprint density at radius 2 is 1.93 bits per heavy atom. The van der Waals surface area contributed by atoms with Gasteiger partial charge in [0.25, 0.3) is 0 Å². The summed E-state index contributed by atoms with van der Waals surface area (Å²) in [5.74, 6) is -1.97. The number of rotatable bonds is 1. The smallest absolute Gasteiger partial charge is 0.153 e. The third-order valence-electron chi connectivity index (χ3n) is 2.81. The minimum Gasteiger partial charge on any atom is -0.229 e. The van der Waals surface area contributed by atoms with Gasteiger partial charge in [0.05, 0.1) is 5.25 Å². The molecule has 0 spiro atoms. The number of fused-ring (bicyclic) bond motifs is 1. The fourth-order valence-corrected chi connectivity index (χ4v) is 5.39. The van der Waals surface area contributed by atoms with Gasteiger partial charge in [-0.3, -0.25) is 0 Å². The van der Waals surface area contributed by atoms with Crippen molar-refractivity contribution in [3.63, 3.8) is 0 Å². The number of halogens is 2. The minimum atomic E-state index is -3.64. The van der Waals surface area contributed by atoms with E-state index >= 15 is 0 Å². The summed E-state index contributed by atoms with van der Waals surface area (Å²) < 4.78 is 53.2. The molecule has 0 aliphatic heterocycles. The standard InChI is InChI=1S/C9H14Cl2O2S/c1-14(12,13)8-6-4-2-3-5-7(6)9(8,10)11/h6-8H,2-5H2,1H3/i4D2,5D2. The minimum absolute atomic E-state index is 0.00115. The molecule has 2 fully saturated rings. The van der Waals surface area contributed by atoms with Gasteiger partial charge in [-0.05, 0) is 24.6 Å². The van der Waals surface area contributed by atoms with Crippen molar-refractivity contribution in [1.82, 2.24) is 0 Å². The van der Waals surface area contributed by atoms with Crippen LogP contribution in [0.15, 0.2) is 0 Å². The van der Waals surface area contributed by atoms with Crippen LogP contribution in [-0.2, 0) is 9.84 Å². The fraction of sp³-hybridized carbons (Fsp3) is 1.00. The first kappa shape index (κ1) is 6.97. The van der Waals surface area contributed by atoms with Gasteiger partial charge < -0.3 is 0 Å². The second kappa shape index (κ2) is 3.26. The molecule has 0 heterocycles. The van der Waals surface area contributed by atoms with Crippen molar-refractivity contribution in [2.45, 2.75) is 35.2 Å². The lowest BCUT2D eigenvalue weighted by Crippen LogP contribution is -2.63. The van der Waals surface area contributed by atoms with Crippen LogP contribution in [0.5, 0.6) is 0 Å². The molecule has 2 rings (SSSR count). The van der Waals surface area contributed by atoms with Crippen LogP contribution in [0.25, 0.3) is 0 Å². The Bertz CT molecular complexity index is 477. The lowest BCUT2D eigenvalue weighted by atomic mass is 9.64. The van der Waals surface area contributed by atoms with E-state index in [2.05, 4.69) is 0 Å². The van der Waals surface area contributed by atoms with Crippen molar-refractivity contribution >= 4 is 33.0 Å². The molecule has 0 saturated heterocycles. The molecule has 2 aliphatic carbocycles. The largest absolute Gasteiger partial charge is 0.229 e. The van der Waals surface area contributed by atoms with Crippen LogP contribution >= 0.6 is 23.2 Å². The van der Waals surface area contributed by atoms with Crippen molar-refractivity contribution in [1.29, 1.82) is 0 Å². The number of sulfone groups is 1. The normalized spacial score (nSPS) is 52.6. The first-order valence-electron chi connectivity index (χ1n) is 6.38. The van der Waals surface area contributed by atoms with Crippen molar-refractivity contribution in [2.24, 2.45) is 11.8 Å². The van der Waals surface area contributed by atoms with Crippen LogP contribution in [0.1, 0.15) is 31.1 Å². The molecule has 3 atom stereocenters. The van der Waals surface area contributed by atoms with E-state index in [0.29, 0.717) is 0 Å². The summed E-state index contributed by atoms with van der Waals surface area (Å²) >= 11 is 12.0. The second-order valence-electron chi connectivity index (χ2n) is 3.84. The molecule has 0 aromatic heterocycles. The summed E-state index contributed by atoms with van der Waals surface area (Å²) in [6.07, 6.45) is -2.54. The summed E-state index contributed by atoms with van der Waals surface area (Å²) in [6, 6.07) is 0. The molecular weight excluding hydrogens is 243 g/mol. The topological polar surface area (TPSA) is 34.1 Å². The molecule has 0 radical (unpaired) electrons. The van der Waals surface area contributed by atoms with E-state index in [9.17, 15) is 8.42 Å². The molecule has 0 aromatic carbocycles. The molecule has 2 saturated carbocycles. The Labute approximate surface area is 100 Å². The Morgan fingerprint density at radius 3 is 2.50 bits per heavy atom. The maximum atomic E-state index is 11.7. The average Bonchev–Trinajstić information content (AvgIpc) is 2.07. The Kier molecular flexibility index (Phi) is 1.62. The van der Waals surface area contributed by atoms with Crippen molar-refractivity contribution in [2.75, 3.05) is 6.26 Å². The van der Waals surface area contributed by atoms with E-state index in [-0.39, 0.29) is 12.8 Å². The maximum Gasteiger partial charge on any atom is 0.153 e. The molecular formula is C9H14Cl2O2S. The van der Waals surface area contributed by atoms with E-state index in [1.165, 1.54) is 0 Å². The highest BCUT2D eigenvalue weighted by atomic mass is 35.5. The number of alkyl halides is 2. The molecule has 0 bridgehead atoms. The summed E-state index contributed by atoms with van der Waals surface area (Å²) in [7, 11) is -3.64. The molecule has 0 N–H and O–H groups in total. The zero-order chi connectivity index (χ0) is 14.1. The predicted molar refractivity (Wildman–Crippen MR) is 58.5 cm³/mol. The van der Waals surface area contributed by atoms with E-state index < -0.39 is 44.0 Å². The van der Waals surface area contributed by atoms with Crippen LogP contribution in [-0.4, -0.2) is 24.3 Å². The van der Waals surface area contributed by atoms with Gasteiger partial charge in [0, 0.05) is 11.7 Å². The Balaban J connectivity index is 2.50. The zero-order valence-corrected chi connectivity index (χ0v) is 9.96. The Hall–Kier alpha value is 0.530. The number of hydrogen-bond acceptors (Lipinski definition) is 2. The lowest BCUT2D eigenvalue weighted by molar-refractivity contribution is 0.105. The average molecular weight is 261 g/mol. The van der Waals surface area contributed by atoms with Crippen molar-refractivity contribution in [3.8, 4) is 0 Å². The molecule has 0 amide bonds. The molecule has 2 aliphatic rings. The van der Waals surface area contributed by atoms with Crippen LogP contribution in [0.4, 0.5) is 0 Å². The van der Waals surface area contributed by atoms with Crippen LogP contribution in [0.3, 0.4) is 0 Å². The third kappa shape index (κ3) is 1.48. The maximum absolute atomic E-state index is 11.7. The fourth-order valence-electron chi connectivity index (χ4n) is 2.22. The second-order valence-corrected chi connectivity index (χ2v) is 7.45. The first-order chi connectivity index (χ1) is 7.82. The van der Waals surface area contributed by atoms with Gasteiger partial charge in [0.1, 0.15) is 4.33 Å². The molecule has 82 valence electrons. The van der Waals surface area contributed by atoms with Crippen LogP contribution in [0.2, 0.25) is 0 Å². The van der Waals surface area contributed by atoms with Gasteiger partial charge in [0.15, 0.2) is 9.84 Å². The van der Waals surface area contributed by atoms with Crippen molar-refractivity contribution < 1.29 is 13.9 Å². The number of hydrogen-bond donors (Lipinski definition) is 0. The van der Waals surface area contributed by atoms with Gasteiger partial charge in [-0.25, -0.2) is 8.42 Å².